The molecule has 2 N–H and O–H groups in total. The van der Waals surface area contributed by atoms with Gasteiger partial charge in [0.15, 0.2) is 0 Å². The first-order valence-electron chi connectivity index (χ1n) is 13.5. The normalized spacial score (nSPS) is 15.5. The minimum atomic E-state index is 0.523. The molecule has 2 aliphatic rings. The van der Waals surface area contributed by atoms with Gasteiger partial charge >= 0.3 is 0 Å². The van der Waals surface area contributed by atoms with Gasteiger partial charge in [-0.15, -0.1) is 0 Å². The van der Waals surface area contributed by atoms with E-state index in [-0.39, 0.29) is 0 Å². The number of anilines is 3. The molecule has 0 unspecified atom stereocenters. The number of fused-ring (bicyclic) bond motifs is 1. The number of ether oxygens (including phenoxy) is 1. The van der Waals surface area contributed by atoms with Gasteiger partial charge in [0.2, 0.25) is 5.95 Å². The predicted molar refractivity (Wildman–Crippen MR) is 155 cm³/mol. The Labute approximate surface area is 224 Å². The van der Waals surface area contributed by atoms with E-state index in [2.05, 4.69) is 75.4 Å². The van der Waals surface area contributed by atoms with Crippen LogP contribution in [-0.4, -0.2) is 48.2 Å². The van der Waals surface area contributed by atoms with Crippen LogP contribution in [0.5, 0.6) is 5.75 Å². The summed E-state index contributed by atoms with van der Waals surface area (Å²) in [7, 11) is 1.72. The highest BCUT2D eigenvalue weighted by Crippen LogP contribution is 2.45. The second-order valence-corrected chi connectivity index (χ2v) is 10.1. The maximum absolute atomic E-state index is 5.59. The van der Waals surface area contributed by atoms with Crippen molar-refractivity contribution in [2.45, 2.75) is 26.2 Å². The van der Waals surface area contributed by atoms with E-state index in [1.165, 1.54) is 18.4 Å². The molecule has 1 saturated carbocycles. The lowest BCUT2D eigenvalue weighted by molar-refractivity contribution is 0.414. The molecule has 0 radical (unpaired) electrons. The molecule has 0 atom stereocenters. The molecule has 38 heavy (non-hydrogen) atoms. The maximum Gasteiger partial charge on any atom is 0.225 e. The first kappa shape index (κ1) is 24.4. The number of hydrogen-bond donors (Lipinski definition) is 2. The number of aromatic nitrogens is 3. The van der Waals surface area contributed by atoms with Crippen LogP contribution in [0.2, 0.25) is 0 Å². The number of pyridine rings is 1. The number of nitrogens with zero attached hydrogens (tertiary/aromatic N) is 4. The van der Waals surface area contributed by atoms with Crippen molar-refractivity contribution in [1.82, 2.24) is 20.3 Å². The van der Waals surface area contributed by atoms with E-state index in [0.717, 1.165) is 88.8 Å². The number of hydrogen-bond acceptors (Lipinski definition) is 7. The van der Waals surface area contributed by atoms with Crippen molar-refractivity contribution in [3.05, 3.63) is 72.7 Å². The van der Waals surface area contributed by atoms with E-state index in [9.17, 15) is 0 Å². The second-order valence-electron chi connectivity index (χ2n) is 10.1. The molecule has 0 bridgehead atoms. The number of allylic oxidation sites excluding steroid dienone is 1. The molecule has 2 aromatic carbocycles. The third kappa shape index (κ3) is 4.94. The maximum atomic E-state index is 5.59. The molecule has 0 spiro atoms. The highest BCUT2D eigenvalue weighted by molar-refractivity contribution is 6.01. The summed E-state index contributed by atoms with van der Waals surface area (Å²) in [5, 5.41) is 8.08. The van der Waals surface area contributed by atoms with E-state index in [1.54, 1.807) is 7.11 Å². The van der Waals surface area contributed by atoms with Gasteiger partial charge in [0.25, 0.3) is 0 Å². The Hall–Kier alpha value is -3.97. The molecule has 3 heterocycles. The number of nitrogens with one attached hydrogen (secondary N) is 2. The number of benzene rings is 2. The fourth-order valence-corrected chi connectivity index (χ4v) is 5.11. The zero-order valence-electron chi connectivity index (χ0n) is 22.1. The Morgan fingerprint density at radius 3 is 2.53 bits per heavy atom. The van der Waals surface area contributed by atoms with E-state index in [0.29, 0.717) is 5.92 Å². The van der Waals surface area contributed by atoms with Gasteiger partial charge in [-0.3, -0.25) is 4.98 Å². The molecule has 0 amide bonds. The Bertz CT molecular complexity index is 1450. The lowest BCUT2D eigenvalue weighted by Gasteiger charge is -2.27. The number of piperazine rings is 1. The lowest BCUT2D eigenvalue weighted by Crippen LogP contribution is -2.44. The quantitative estimate of drug-likeness (QED) is 0.311. The van der Waals surface area contributed by atoms with Gasteiger partial charge in [-0.05, 0) is 71.7 Å². The second kappa shape index (κ2) is 10.4. The first-order valence-corrected chi connectivity index (χ1v) is 13.5. The molecular weight excluding hydrogens is 472 g/mol. The summed E-state index contributed by atoms with van der Waals surface area (Å²) in [6, 6.07) is 12.9. The van der Waals surface area contributed by atoms with Crippen LogP contribution >= 0.6 is 0 Å². The van der Waals surface area contributed by atoms with E-state index >= 15 is 0 Å². The third-order valence-electron chi connectivity index (χ3n) is 7.54. The molecule has 1 aliphatic heterocycles. The smallest absolute Gasteiger partial charge is 0.225 e. The standard InChI is InChI=1S/C31H34N6O/c1-4-21-13-24(15-26(14-21)38-3)23-7-8-29-27(16-23)30(28(19-33-29)20(2)22-5-6-22)36-25-17-34-31(35-18-25)37-11-9-32-10-12-37/h7-8,13-19,22,32H,2,4-6,9-12H2,1,3H3,(H,33,36). The van der Waals surface area contributed by atoms with Crippen LogP contribution in [0.1, 0.15) is 30.9 Å². The highest BCUT2D eigenvalue weighted by atomic mass is 16.5. The van der Waals surface area contributed by atoms with Crippen LogP contribution in [-0.2, 0) is 6.42 Å². The molecule has 1 saturated heterocycles. The van der Waals surface area contributed by atoms with Crippen molar-refractivity contribution in [2.24, 2.45) is 5.92 Å². The Morgan fingerprint density at radius 2 is 1.82 bits per heavy atom. The average Bonchev–Trinajstić information content (AvgIpc) is 3.83. The summed E-state index contributed by atoms with van der Waals surface area (Å²) < 4.78 is 5.59. The Morgan fingerprint density at radius 1 is 1.03 bits per heavy atom. The minimum Gasteiger partial charge on any atom is -0.497 e. The molecular formula is C31H34N6O. The van der Waals surface area contributed by atoms with Crippen LogP contribution < -0.4 is 20.3 Å². The fraction of sp³-hybridized carbons (Fsp3) is 0.323. The molecule has 4 aromatic rings. The summed E-state index contributed by atoms with van der Waals surface area (Å²) in [6.07, 6.45) is 9.02. The highest BCUT2D eigenvalue weighted by Gasteiger charge is 2.28. The average molecular weight is 507 g/mol. The zero-order valence-corrected chi connectivity index (χ0v) is 22.1. The molecule has 7 heteroatoms. The molecule has 6 rings (SSSR count). The molecule has 2 aromatic heterocycles. The summed E-state index contributed by atoms with van der Waals surface area (Å²) in [6.45, 7) is 10.4. The van der Waals surface area contributed by atoms with Gasteiger partial charge in [-0.2, -0.15) is 0 Å². The topological polar surface area (TPSA) is 75.2 Å². The Kier molecular flexibility index (Phi) is 6.68. The van der Waals surface area contributed by atoms with E-state index in [4.69, 9.17) is 9.72 Å². The fourth-order valence-electron chi connectivity index (χ4n) is 5.11. The molecule has 194 valence electrons. The van der Waals surface area contributed by atoms with Gasteiger partial charge in [0.05, 0.1) is 36.4 Å². The molecule has 7 nitrogen and oxygen atoms in total. The summed E-state index contributed by atoms with van der Waals surface area (Å²) in [5.41, 5.74) is 8.48. The van der Waals surface area contributed by atoms with Crippen molar-refractivity contribution in [3.8, 4) is 16.9 Å². The van der Waals surface area contributed by atoms with Crippen molar-refractivity contribution >= 4 is 33.8 Å². The van der Waals surface area contributed by atoms with Crippen molar-refractivity contribution in [1.29, 1.82) is 0 Å². The first-order chi connectivity index (χ1) is 18.6. The SMILES string of the molecule is C=C(c1cnc2ccc(-c3cc(CC)cc(OC)c3)cc2c1Nc1cnc(N2CCNCC2)nc1)C1CC1. The van der Waals surface area contributed by atoms with Gasteiger partial charge in [0.1, 0.15) is 5.75 Å². The van der Waals surface area contributed by atoms with Gasteiger partial charge in [-0.25, -0.2) is 9.97 Å². The van der Waals surface area contributed by atoms with Crippen LogP contribution in [0, 0.1) is 5.92 Å². The van der Waals surface area contributed by atoms with Gasteiger partial charge in [-0.1, -0.05) is 25.6 Å². The van der Waals surface area contributed by atoms with Gasteiger partial charge < -0.3 is 20.3 Å². The summed E-state index contributed by atoms with van der Waals surface area (Å²) in [4.78, 5) is 16.4. The number of methoxy groups -OCH3 is 1. The Balaban J connectivity index is 1.42. The summed E-state index contributed by atoms with van der Waals surface area (Å²) in [5.74, 6) is 2.16. The number of aryl methyl sites for hydroxylation is 1. The van der Waals surface area contributed by atoms with Crippen molar-refractivity contribution in [3.63, 3.8) is 0 Å². The summed E-state index contributed by atoms with van der Waals surface area (Å²) >= 11 is 0. The molecule has 2 fully saturated rings. The van der Waals surface area contributed by atoms with Gasteiger partial charge in [0, 0.05) is 43.3 Å². The molecule has 1 aliphatic carbocycles. The van der Waals surface area contributed by atoms with Crippen LogP contribution in [0.25, 0.3) is 27.6 Å². The minimum absolute atomic E-state index is 0.523. The third-order valence-corrected chi connectivity index (χ3v) is 7.54. The predicted octanol–water partition coefficient (Wildman–Crippen LogP) is 5.84. The van der Waals surface area contributed by atoms with Crippen LogP contribution in [0.15, 0.2) is 61.6 Å². The van der Waals surface area contributed by atoms with Crippen LogP contribution in [0.3, 0.4) is 0 Å². The van der Waals surface area contributed by atoms with E-state index in [1.807, 2.05) is 18.6 Å². The lowest BCUT2D eigenvalue weighted by atomic mass is 9.96. The van der Waals surface area contributed by atoms with Crippen molar-refractivity contribution in [2.75, 3.05) is 43.5 Å². The number of rotatable bonds is 8. The largest absolute Gasteiger partial charge is 0.497 e. The van der Waals surface area contributed by atoms with E-state index < -0.39 is 0 Å². The zero-order chi connectivity index (χ0) is 26.1. The van der Waals surface area contributed by atoms with Crippen LogP contribution in [0.4, 0.5) is 17.3 Å². The monoisotopic (exact) mass is 506 g/mol. The van der Waals surface area contributed by atoms with Crippen molar-refractivity contribution < 1.29 is 4.74 Å².